The molecule has 23 heavy (non-hydrogen) atoms. The lowest BCUT2D eigenvalue weighted by Crippen LogP contribution is -2.08. The molecule has 0 radical (unpaired) electrons. The maximum atomic E-state index is 12.6. The third kappa shape index (κ3) is 2.80. The highest BCUT2D eigenvalue weighted by molar-refractivity contribution is 5.95. The number of hydrogen-bond donors (Lipinski definition) is 1. The van der Waals surface area contributed by atoms with Gasteiger partial charge in [-0.25, -0.2) is 9.97 Å². The number of nitrogens with zero attached hydrogens (tertiary/aromatic N) is 3. The molecular formula is C15H10F3N3O2. The van der Waals surface area contributed by atoms with E-state index in [0.717, 1.165) is 12.1 Å². The van der Waals surface area contributed by atoms with E-state index in [-0.39, 0.29) is 5.69 Å². The third-order valence-corrected chi connectivity index (χ3v) is 3.33. The first kappa shape index (κ1) is 15.2. The van der Waals surface area contributed by atoms with Gasteiger partial charge in [0.2, 0.25) is 5.78 Å². The van der Waals surface area contributed by atoms with Gasteiger partial charge in [-0.05, 0) is 12.1 Å². The molecule has 0 aliphatic heterocycles. The quantitative estimate of drug-likeness (QED) is 0.753. The maximum absolute atomic E-state index is 12.6. The lowest BCUT2D eigenvalue weighted by atomic mass is 10.1. The van der Waals surface area contributed by atoms with Gasteiger partial charge in [0.15, 0.2) is 5.65 Å². The van der Waals surface area contributed by atoms with E-state index in [0.29, 0.717) is 16.9 Å². The third-order valence-electron chi connectivity index (χ3n) is 3.33. The number of benzene rings is 1. The summed E-state index contributed by atoms with van der Waals surface area (Å²) in [6.07, 6.45) is -0.167. The Labute approximate surface area is 128 Å². The van der Waals surface area contributed by atoms with Crippen LogP contribution in [-0.2, 0) is 6.18 Å². The van der Waals surface area contributed by atoms with E-state index in [4.69, 9.17) is 5.11 Å². The molecule has 0 spiro atoms. The van der Waals surface area contributed by atoms with Gasteiger partial charge < -0.3 is 5.11 Å². The molecule has 0 aliphatic rings. The second kappa shape index (κ2) is 5.47. The average molecular weight is 321 g/mol. The van der Waals surface area contributed by atoms with Crippen molar-refractivity contribution in [3.05, 3.63) is 54.1 Å². The van der Waals surface area contributed by atoms with E-state index in [1.54, 1.807) is 4.40 Å². The van der Waals surface area contributed by atoms with Crippen molar-refractivity contribution >= 4 is 11.4 Å². The molecule has 3 rings (SSSR count). The lowest BCUT2D eigenvalue weighted by Gasteiger charge is -2.08. The Kier molecular flexibility index (Phi) is 3.61. The number of alkyl halides is 3. The zero-order valence-corrected chi connectivity index (χ0v) is 11.6. The van der Waals surface area contributed by atoms with Crippen LogP contribution in [-0.4, -0.2) is 31.9 Å². The number of carbonyl (C=O) groups is 1. The van der Waals surface area contributed by atoms with E-state index < -0.39 is 24.1 Å². The molecule has 0 saturated heterocycles. The van der Waals surface area contributed by atoms with Crippen LogP contribution in [0.1, 0.15) is 16.1 Å². The minimum absolute atomic E-state index is 0.0474. The molecule has 118 valence electrons. The average Bonchev–Trinajstić information content (AvgIpc) is 2.96. The second-order valence-corrected chi connectivity index (χ2v) is 4.80. The fraction of sp³-hybridized carbons (Fsp3) is 0.133. The fourth-order valence-corrected chi connectivity index (χ4v) is 2.16. The van der Waals surface area contributed by atoms with Crippen molar-refractivity contribution in [2.24, 2.45) is 0 Å². The SMILES string of the molecule is O=C(CO)c1cn2c(-c3ccc(C(F)(F)F)cc3)cnc2cn1. The highest BCUT2D eigenvalue weighted by Gasteiger charge is 2.30. The first-order valence-electron chi connectivity index (χ1n) is 6.55. The van der Waals surface area contributed by atoms with Crippen LogP contribution in [0.2, 0.25) is 0 Å². The Morgan fingerprint density at radius 2 is 1.83 bits per heavy atom. The fourth-order valence-electron chi connectivity index (χ4n) is 2.16. The minimum atomic E-state index is -4.40. The van der Waals surface area contributed by atoms with E-state index in [1.807, 2.05) is 0 Å². The van der Waals surface area contributed by atoms with Gasteiger partial charge in [-0.15, -0.1) is 0 Å². The van der Waals surface area contributed by atoms with Crippen molar-refractivity contribution in [3.63, 3.8) is 0 Å². The molecule has 0 aliphatic carbocycles. The predicted octanol–water partition coefficient (Wildman–Crippen LogP) is 2.59. The molecule has 0 atom stereocenters. The van der Waals surface area contributed by atoms with Crippen LogP contribution in [0.5, 0.6) is 0 Å². The van der Waals surface area contributed by atoms with Gasteiger partial charge in [-0.2, -0.15) is 13.2 Å². The molecule has 1 aromatic carbocycles. The Morgan fingerprint density at radius 3 is 2.43 bits per heavy atom. The number of hydrogen-bond acceptors (Lipinski definition) is 4. The Balaban J connectivity index is 2.07. The Bertz CT molecular complexity index is 870. The van der Waals surface area contributed by atoms with Crippen molar-refractivity contribution in [2.75, 3.05) is 6.61 Å². The van der Waals surface area contributed by atoms with Gasteiger partial charge in [0.25, 0.3) is 0 Å². The maximum Gasteiger partial charge on any atom is 0.416 e. The molecule has 0 fully saturated rings. The topological polar surface area (TPSA) is 67.5 Å². The molecule has 2 heterocycles. The molecule has 0 unspecified atom stereocenters. The van der Waals surface area contributed by atoms with Crippen molar-refractivity contribution in [1.82, 2.24) is 14.4 Å². The summed E-state index contributed by atoms with van der Waals surface area (Å²) in [4.78, 5) is 19.5. The Hall–Kier alpha value is -2.74. The molecule has 2 aromatic heterocycles. The van der Waals surface area contributed by atoms with Crippen molar-refractivity contribution in [2.45, 2.75) is 6.18 Å². The highest BCUT2D eigenvalue weighted by Crippen LogP contribution is 2.31. The molecule has 0 amide bonds. The molecule has 0 bridgehead atoms. The van der Waals surface area contributed by atoms with E-state index in [9.17, 15) is 18.0 Å². The van der Waals surface area contributed by atoms with Gasteiger partial charge in [0, 0.05) is 11.8 Å². The largest absolute Gasteiger partial charge is 0.416 e. The number of halogens is 3. The van der Waals surface area contributed by atoms with Gasteiger partial charge in [-0.3, -0.25) is 9.20 Å². The predicted molar refractivity (Wildman–Crippen MR) is 74.8 cm³/mol. The zero-order valence-electron chi connectivity index (χ0n) is 11.6. The summed E-state index contributed by atoms with van der Waals surface area (Å²) in [5, 5.41) is 8.88. The smallest absolute Gasteiger partial charge is 0.388 e. The van der Waals surface area contributed by atoms with Gasteiger partial charge in [-0.1, -0.05) is 12.1 Å². The number of fused-ring (bicyclic) bond motifs is 1. The van der Waals surface area contributed by atoms with E-state index in [2.05, 4.69) is 9.97 Å². The molecule has 5 nitrogen and oxygen atoms in total. The van der Waals surface area contributed by atoms with Crippen LogP contribution in [0.3, 0.4) is 0 Å². The number of imidazole rings is 1. The first-order valence-corrected chi connectivity index (χ1v) is 6.55. The van der Waals surface area contributed by atoms with Crippen molar-refractivity contribution in [3.8, 4) is 11.3 Å². The number of ketones is 1. The summed E-state index contributed by atoms with van der Waals surface area (Å²) in [5.74, 6) is -0.557. The summed E-state index contributed by atoms with van der Waals surface area (Å²) < 4.78 is 39.4. The standard InChI is InChI=1S/C15H10F3N3O2/c16-15(17,18)10-3-1-9(2-4-10)12-5-20-14-6-19-11(7-21(12)14)13(23)8-22/h1-7,22H,8H2. The Morgan fingerprint density at radius 1 is 1.13 bits per heavy atom. The van der Waals surface area contributed by atoms with Gasteiger partial charge >= 0.3 is 6.18 Å². The van der Waals surface area contributed by atoms with E-state index in [1.165, 1.54) is 30.7 Å². The van der Waals surface area contributed by atoms with Crippen LogP contribution in [0, 0.1) is 0 Å². The first-order chi connectivity index (χ1) is 10.9. The number of aliphatic hydroxyl groups excluding tert-OH is 1. The lowest BCUT2D eigenvalue weighted by molar-refractivity contribution is -0.137. The summed E-state index contributed by atoms with van der Waals surface area (Å²) in [6, 6.07) is 4.63. The highest BCUT2D eigenvalue weighted by atomic mass is 19.4. The monoisotopic (exact) mass is 321 g/mol. The summed E-state index contributed by atoms with van der Waals surface area (Å²) in [6.45, 7) is -0.678. The number of carbonyl (C=O) groups excluding carboxylic acids is 1. The van der Waals surface area contributed by atoms with Crippen molar-refractivity contribution in [1.29, 1.82) is 0 Å². The summed E-state index contributed by atoms with van der Waals surface area (Å²) in [5.41, 5.74) is 0.774. The minimum Gasteiger partial charge on any atom is -0.388 e. The van der Waals surface area contributed by atoms with Gasteiger partial charge in [0.05, 0.1) is 23.7 Å². The molecule has 0 saturated carbocycles. The summed E-state index contributed by atoms with van der Waals surface area (Å²) in [7, 11) is 0. The van der Waals surface area contributed by atoms with Crippen LogP contribution in [0.25, 0.3) is 16.9 Å². The number of rotatable bonds is 3. The number of Topliss-reactive ketones (excluding diaryl/α,β-unsaturated/α-hetero) is 1. The molecule has 1 N–H and O–H groups in total. The van der Waals surface area contributed by atoms with Crippen LogP contribution < -0.4 is 0 Å². The number of aromatic nitrogens is 3. The number of aliphatic hydroxyl groups is 1. The van der Waals surface area contributed by atoms with Gasteiger partial charge in [0.1, 0.15) is 12.3 Å². The van der Waals surface area contributed by atoms with E-state index >= 15 is 0 Å². The zero-order chi connectivity index (χ0) is 16.6. The van der Waals surface area contributed by atoms with Crippen molar-refractivity contribution < 1.29 is 23.1 Å². The van der Waals surface area contributed by atoms with Crippen LogP contribution in [0.4, 0.5) is 13.2 Å². The van der Waals surface area contributed by atoms with Crippen LogP contribution >= 0.6 is 0 Å². The normalized spacial score (nSPS) is 11.8. The second-order valence-electron chi connectivity index (χ2n) is 4.80. The molecule has 3 aromatic rings. The van der Waals surface area contributed by atoms with Crippen LogP contribution in [0.15, 0.2) is 42.9 Å². The molecule has 8 heteroatoms. The molecular weight excluding hydrogens is 311 g/mol. The summed E-state index contributed by atoms with van der Waals surface area (Å²) >= 11 is 0.